The van der Waals surface area contributed by atoms with Crippen molar-refractivity contribution in [3.05, 3.63) is 46.1 Å². The van der Waals surface area contributed by atoms with E-state index in [2.05, 4.69) is 5.10 Å². The Kier molecular flexibility index (Phi) is 5.82. The van der Waals surface area contributed by atoms with Gasteiger partial charge in [-0.25, -0.2) is 4.79 Å². The second-order valence-electron chi connectivity index (χ2n) is 4.79. The van der Waals surface area contributed by atoms with E-state index >= 15 is 0 Å². The molecule has 1 aromatic heterocycles. The summed E-state index contributed by atoms with van der Waals surface area (Å²) in [6.07, 6.45) is -4.74. The summed E-state index contributed by atoms with van der Waals surface area (Å²) in [5.74, 6) is -0.669. The van der Waals surface area contributed by atoms with E-state index in [9.17, 15) is 18.0 Å². The quantitative estimate of drug-likeness (QED) is 0.565. The Morgan fingerprint density at radius 2 is 1.96 bits per heavy atom. The van der Waals surface area contributed by atoms with Crippen molar-refractivity contribution in [2.45, 2.75) is 23.9 Å². The number of esters is 1. The number of benzene rings is 1. The van der Waals surface area contributed by atoms with Crippen LogP contribution in [0.3, 0.4) is 0 Å². The topological polar surface area (TPSA) is 44.1 Å². The maximum atomic E-state index is 13.1. The first-order chi connectivity index (χ1) is 11.2. The molecule has 0 amide bonds. The largest absolute Gasteiger partial charge is 0.462 e. The molecule has 0 unspecified atom stereocenters. The highest BCUT2D eigenvalue weighted by Gasteiger charge is 2.41. The lowest BCUT2D eigenvalue weighted by Gasteiger charge is -2.08. The van der Waals surface area contributed by atoms with Crippen molar-refractivity contribution in [3.8, 4) is 0 Å². The van der Waals surface area contributed by atoms with Gasteiger partial charge in [0.1, 0.15) is 10.6 Å². The van der Waals surface area contributed by atoms with Crippen molar-refractivity contribution in [2.75, 3.05) is 6.61 Å². The summed E-state index contributed by atoms with van der Waals surface area (Å²) in [4.78, 5) is 12.0. The molecule has 0 saturated heterocycles. The highest BCUT2D eigenvalue weighted by molar-refractivity contribution is 7.98. The van der Waals surface area contributed by atoms with E-state index in [4.69, 9.17) is 16.3 Å². The van der Waals surface area contributed by atoms with E-state index < -0.39 is 23.4 Å². The molecule has 0 fully saturated rings. The number of carbonyl (C=O) groups excluding carboxylic acids is 1. The second-order valence-corrected chi connectivity index (χ2v) is 6.19. The zero-order valence-electron chi connectivity index (χ0n) is 12.9. The number of aromatic nitrogens is 2. The van der Waals surface area contributed by atoms with Gasteiger partial charge >= 0.3 is 12.1 Å². The van der Waals surface area contributed by atoms with Crippen LogP contribution < -0.4 is 0 Å². The summed E-state index contributed by atoms with van der Waals surface area (Å²) in [5, 5.41) is 4.13. The molecule has 130 valence electrons. The van der Waals surface area contributed by atoms with E-state index in [1.165, 1.54) is 14.0 Å². The summed E-state index contributed by atoms with van der Waals surface area (Å²) in [5.41, 5.74) is -0.929. The summed E-state index contributed by atoms with van der Waals surface area (Å²) in [7, 11) is 1.36. The molecule has 0 atom stereocenters. The van der Waals surface area contributed by atoms with Gasteiger partial charge in [0, 0.05) is 17.8 Å². The standard InChI is InChI=1S/C15H14ClF3N2O2S/c1-3-23-14(22)11-12(15(17,18)19)20-21(2)13(11)24-8-9-4-6-10(16)7-5-9/h4-7H,3,8H2,1-2H3. The van der Waals surface area contributed by atoms with Gasteiger partial charge in [-0.1, -0.05) is 23.7 Å². The highest BCUT2D eigenvalue weighted by atomic mass is 35.5. The minimum atomic E-state index is -4.74. The third-order valence-corrected chi connectivity index (χ3v) is 4.50. The number of ether oxygens (including phenoxy) is 1. The Labute approximate surface area is 145 Å². The summed E-state index contributed by atoms with van der Waals surface area (Å²) in [6, 6.07) is 6.91. The first kappa shape index (κ1) is 18.7. The fraction of sp³-hybridized carbons (Fsp3) is 0.333. The lowest BCUT2D eigenvalue weighted by molar-refractivity contribution is -0.142. The Morgan fingerprint density at radius 3 is 2.50 bits per heavy atom. The zero-order valence-corrected chi connectivity index (χ0v) is 14.4. The SMILES string of the molecule is CCOC(=O)c1c(C(F)(F)F)nn(C)c1SCc1ccc(Cl)cc1. The fourth-order valence-electron chi connectivity index (χ4n) is 1.99. The van der Waals surface area contributed by atoms with Crippen molar-refractivity contribution < 1.29 is 22.7 Å². The minimum Gasteiger partial charge on any atom is -0.462 e. The molecule has 0 radical (unpaired) electrons. The normalized spacial score (nSPS) is 11.6. The third kappa shape index (κ3) is 4.24. The number of halogens is 4. The van der Waals surface area contributed by atoms with Crippen molar-refractivity contribution in [1.29, 1.82) is 0 Å². The molecule has 0 spiro atoms. The van der Waals surface area contributed by atoms with Crippen LogP contribution in [0.25, 0.3) is 0 Å². The molecule has 2 rings (SSSR count). The third-order valence-electron chi connectivity index (χ3n) is 3.03. The molecular weight excluding hydrogens is 365 g/mol. The zero-order chi connectivity index (χ0) is 17.9. The first-order valence-electron chi connectivity index (χ1n) is 6.92. The van der Waals surface area contributed by atoms with Crippen molar-refractivity contribution in [2.24, 2.45) is 7.05 Å². The maximum absolute atomic E-state index is 13.1. The molecule has 0 aliphatic rings. The average molecular weight is 379 g/mol. The smallest absolute Gasteiger partial charge is 0.436 e. The molecule has 4 nitrogen and oxygen atoms in total. The number of carbonyl (C=O) groups is 1. The summed E-state index contributed by atoms with van der Waals surface area (Å²) >= 11 is 6.88. The monoisotopic (exact) mass is 378 g/mol. The van der Waals surface area contributed by atoms with Crippen LogP contribution in [0.5, 0.6) is 0 Å². The highest BCUT2D eigenvalue weighted by Crippen LogP contribution is 2.37. The van der Waals surface area contributed by atoms with Crippen molar-refractivity contribution in [3.63, 3.8) is 0 Å². The second kappa shape index (κ2) is 7.48. The molecule has 24 heavy (non-hydrogen) atoms. The molecule has 2 aromatic rings. The maximum Gasteiger partial charge on any atom is 0.436 e. The molecular formula is C15H14ClF3N2O2S. The average Bonchev–Trinajstić information content (AvgIpc) is 2.84. The predicted molar refractivity (Wildman–Crippen MR) is 85.2 cm³/mol. The molecule has 0 N–H and O–H groups in total. The number of aryl methyl sites for hydroxylation is 1. The van der Waals surface area contributed by atoms with Crippen LogP contribution in [0.4, 0.5) is 13.2 Å². The van der Waals surface area contributed by atoms with Crippen LogP contribution in [0.15, 0.2) is 29.3 Å². The van der Waals surface area contributed by atoms with Gasteiger partial charge in [0.2, 0.25) is 0 Å². The lowest BCUT2D eigenvalue weighted by Crippen LogP contribution is -2.14. The molecule has 1 aromatic carbocycles. The van der Waals surface area contributed by atoms with E-state index in [1.54, 1.807) is 24.3 Å². The van der Waals surface area contributed by atoms with Crippen LogP contribution in [-0.2, 0) is 23.7 Å². The molecule has 0 aliphatic heterocycles. The van der Waals surface area contributed by atoms with Gasteiger partial charge in [-0.3, -0.25) is 4.68 Å². The van der Waals surface area contributed by atoms with Gasteiger partial charge in [0.25, 0.3) is 0 Å². The summed E-state index contributed by atoms with van der Waals surface area (Å²) in [6.45, 7) is 1.51. The Hall–Kier alpha value is -1.67. The number of nitrogens with zero attached hydrogens (tertiary/aromatic N) is 2. The minimum absolute atomic E-state index is 0.0215. The van der Waals surface area contributed by atoms with Gasteiger partial charge < -0.3 is 4.74 Å². The summed E-state index contributed by atoms with van der Waals surface area (Å²) < 4.78 is 45.2. The van der Waals surface area contributed by atoms with Gasteiger partial charge in [0.05, 0.1) is 6.61 Å². The van der Waals surface area contributed by atoms with Crippen LogP contribution in [0.1, 0.15) is 28.5 Å². The van der Waals surface area contributed by atoms with Crippen molar-refractivity contribution in [1.82, 2.24) is 9.78 Å². The number of hydrogen-bond acceptors (Lipinski definition) is 4. The van der Waals surface area contributed by atoms with Crippen LogP contribution in [0, 0.1) is 0 Å². The first-order valence-corrected chi connectivity index (χ1v) is 8.29. The van der Waals surface area contributed by atoms with Gasteiger partial charge in [-0.05, 0) is 24.6 Å². The van der Waals surface area contributed by atoms with E-state index in [1.807, 2.05) is 0 Å². The Bertz CT molecular complexity index is 730. The van der Waals surface area contributed by atoms with E-state index in [0.717, 1.165) is 22.0 Å². The van der Waals surface area contributed by atoms with Crippen molar-refractivity contribution >= 4 is 29.3 Å². The number of alkyl halides is 3. The predicted octanol–water partition coefficient (Wildman–Crippen LogP) is 4.56. The Morgan fingerprint density at radius 1 is 1.33 bits per heavy atom. The molecule has 0 bridgehead atoms. The van der Waals surface area contributed by atoms with Crippen LogP contribution in [0.2, 0.25) is 5.02 Å². The molecule has 0 saturated carbocycles. The van der Waals surface area contributed by atoms with Crippen LogP contribution >= 0.6 is 23.4 Å². The molecule has 9 heteroatoms. The number of thioether (sulfide) groups is 1. The molecule has 0 aliphatic carbocycles. The van der Waals surface area contributed by atoms with Gasteiger partial charge in [-0.2, -0.15) is 18.3 Å². The Balaban J connectivity index is 2.35. The van der Waals surface area contributed by atoms with Gasteiger partial charge in [-0.15, -0.1) is 11.8 Å². The van der Waals surface area contributed by atoms with E-state index in [0.29, 0.717) is 10.8 Å². The lowest BCUT2D eigenvalue weighted by atomic mass is 10.2. The van der Waals surface area contributed by atoms with E-state index in [-0.39, 0.29) is 11.6 Å². The fourth-order valence-corrected chi connectivity index (χ4v) is 3.17. The number of hydrogen-bond donors (Lipinski definition) is 0. The molecule has 1 heterocycles. The van der Waals surface area contributed by atoms with Crippen LogP contribution in [-0.4, -0.2) is 22.4 Å². The van der Waals surface area contributed by atoms with Gasteiger partial charge in [0.15, 0.2) is 5.69 Å². The number of rotatable bonds is 5.